The van der Waals surface area contributed by atoms with Crippen molar-refractivity contribution < 1.29 is 0 Å². The fourth-order valence-corrected chi connectivity index (χ4v) is 3.11. The maximum Gasteiger partial charge on any atom is 0.00104 e. The molecular formula is C16H33N. The van der Waals surface area contributed by atoms with Crippen LogP contribution in [0, 0.1) is 17.8 Å². The Kier molecular flexibility index (Phi) is 7.18. The van der Waals surface area contributed by atoms with Crippen LogP contribution in [0.25, 0.3) is 0 Å². The largest absolute Gasteiger partial charge is 0.314 e. The van der Waals surface area contributed by atoms with Crippen molar-refractivity contribution in [2.45, 2.75) is 78.7 Å². The minimum atomic E-state index is 0.641. The quantitative estimate of drug-likeness (QED) is 0.667. The lowest BCUT2D eigenvalue weighted by molar-refractivity contribution is 0.244. The van der Waals surface area contributed by atoms with Crippen molar-refractivity contribution in [1.82, 2.24) is 5.32 Å². The second-order valence-electron chi connectivity index (χ2n) is 6.47. The van der Waals surface area contributed by atoms with Gasteiger partial charge in [0.15, 0.2) is 0 Å². The SMILES string of the molecule is CCC(C)CC1CCCCCC1CNC(C)C. The van der Waals surface area contributed by atoms with Gasteiger partial charge >= 0.3 is 0 Å². The van der Waals surface area contributed by atoms with Crippen molar-refractivity contribution >= 4 is 0 Å². The summed E-state index contributed by atoms with van der Waals surface area (Å²) >= 11 is 0. The van der Waals surface area contributed by atoms with Gasteiger partial charge in [0.2, 0.25) is 0 Å². The molecule has 1 rings (SSSR count). The second-order valence-corrected chi connectivity index (χ2v) is 6.47. The van der Waals surface area contributed by atoms with E-state index in [1.54, 1.807) is 0 Å². The molecular weight excluding hydrogens is 206 g/mol. The van der Waals surface area contributed by atoms with Gasteiger partial charge in [0, 0.05) is 6.04 Å². The van der Waals surface area contributed by atoms with Crippen LogP contribution >= 0.6 is 0 Å². The maximum absolute atomic E-state index is 3.66. The first kappa shape index (κ1) is 15.0. The highest BCUT2D eigenvalue weighted by molar-refractivity contribution is 4.77. The lowest BCUT2D eigenvalue weighted by Crippen LogP contribution is -2.32. The summed E-state index contributed by atoms with van der Waals surface area (Å²) in [4.78, 5) is 0. The Labute approximate surface area is 109 Å². The predicted molar refractivity (Wildman–Crippen MR) is 77.3 cm³/mol. The van der Waals surface area contributed by atoms with Crippen LogP contribution in [-0.2, 0) is 0 Å². The zero-order valence-electron chi connectivity index (χ0n) is 12.5. The molecule has 0 saturated heterocycles. The third-order valence-corrected chi connectivity index (χ3v) is 4.51. The van der Waals surface area contributed by atoms with Crippen LogP contribution in [0.15, 0.2) is 0 Å². The zero-order chi connectivity index (χ0) is 12.7. The fourth-order valence-electron chi connectivity index (χ4n) is 3.11. The van der Waals surface area contributed by atoms with E-state index in [1.165, 1.54) is 51.5 Å². The molecule has 1 aliphatic rings. The van der Waals surface area contributed by atoms with Crippen LogP contribution in [-0.4, -0.2) is 12.6 Å². The van der Waals surface area contributed by atoms with E-state index < -0.39 is 0 Å². The topological polar surface area (TPSA) is 12.0 Å². The molecule has 1 heteroatoms. The molecule has 0 aromatic carbocycles. The van der Waals surface area contributed by atoms with E-state index >= 15 is 0 Å². The first-order valence-corrected chi connectivity index (χ1v) is 7.86. The van der Waals surface area contributed by atoms with Crippen molar-refractivity contribution in [3.8, 4) is 0 Å². The monoisotopic (exact) mass is 239 g/mol. The van der Waals surface area contributed by atoms with Gasteiger partial charge in [-0.15, -0.1) is 0 Å². The molecule has 0 spiro atoms. The average molecular weight is 239 g/mol. The number of nitrogens with one attached hydrogen (secondary N) is 1. The summed E-state index contributed by atoms with van der Waals surface area (Å²) in [6.07, 6.45) is 10.1. The molecule has 0 heterocycles. The van der Waals surface area contributed by atoms with Crippen LogP contribution in [0.4, 0.5) is 0 Å². The Balaban J connectivity index is 2.46. The average Bonchev–Trinajstić information content (AvgIpc) is 2.51. The van der Waals surface area contributed by atoms with E-state index in [0.717, 1.165) is 17.8 Å². The van der Waals surface area contributed by atoms with E-state index in [-0.39, 0.29) is 0 Å². The summed E-state index contributed by atoms with van der Waals surface area (Å²) in [6.45, 7) is 10.5. The number of hydrogen-bond acceptors (Lipinski definition) is 1. The highest BCUT2D eigenvalue weighted by Crippen LogP contribution is 2.33. The Morgan fingerprint density at radius 2 is 1.65 bits per heavy atom. The molecule has 3 atom stereocenters. The van der Waals surface area contributed by atoms with E-state index in [9.17, 15) is 0 Å². The highest BCUT2D eigenvalue weighted by atomic mass is 14.9. The second kappa shape index (κ2) is 8.13. The van der Waals surface area contributed by atoms with Gasteiger partial charge in [-0.1, -0.05) is 59.8 Å². The minimum absolute atomic E-state index is 0.641. The molecule has 1 nitrogen and oxygen atoms in total. The normalized spacial score (nSPS) is 28.1. The Morgan fingerprint density at radius 1 is 1.00 bits per heavy atom. The molecule has 0 aliphatic heterocycles. The van der Waals surface area contributed by atoms with E-state index in [0.29, 0.717) is 6.04 Å². The Hall–Kier alpha value is -0.0400. The number of rotatable bonds is 6. The van der Waals surface area contributed by atoms with Gasteiger partial charge in [0.1, 0.15) is 0 Å². The third kappa shape index (κ3) is 5.90. The predicted octanol–water partition coefficient (Wildman–Crippen LogP) is 4.62. The molecule has 17 heavy (non-hydrogen) atoms. The van der Waals surface area contributed by atoms with E-state index in [4.69, 9.17) is 0 Å². The summed E-state index contributed by atoms with van der Waals surface area (Å²) in [5.41, 5.74) is 0. The van der Waals surface area contributed by atoms with Crippen molar-refractivity contribution in [1.29, 1.82) is 0 Å². The molecule has 1 saturated carbocycles. The lowest BCUT2D eigenvalue weighted by Gasteiger charge is -2.28. The number of hydrogen-bond donors (Lipinski definition) is 1. The lowest BCUT2D eigenvalue weighted by atomic mass is 9.81. The van der Waals surface area contributed by atoms with Crippen molar-refractivity contribution in [2.24, 2.45) is 17.8 Å². The van der Waals surface area contributed by atoms with Gasteiger partial charge in [0.05, 0.1) is 0 Å². The van der Waals surface area contributed by atoms with Crippen LogP contribution in [0.2, 0.25) is 0 Å². The Morgan fingerprint density at radius 3 is 2.24 bits per heavy atom. The Bertz CT molecular complexity index is 188. The molecule has 0 amide bonds. The van der Waals surface area contributed by atoms with Crippen LogP contribution in [0.3, 0.4) is 0 Å². The summed E-state index contributed by atoms with van der Waals surface area (Å²) in [6, 6.07) is 0.641. The standard InChI is InChI=1S/C16H33N/c1-5-14(4)11-15-9-7-6-8-10-16(15)12-17-13(2)3/h13-17H,5-12H2,1-4H3. The molecule has 0 aromatic rings. The maximum atomic E-state index is 3.66. The molecule has 3 unspecified atom stereocenters. The molecule has 1 N–H and O–H groups in total. The van der Waals surface area contributed by atoms with Crippen LogP contribution < -0.4 is 5.32 Å². The van der Waals surface area contributed by atoms with Crippen LogP contribution in [0.1, 0.15) is 72.6 Å². The van der Waals surface area contributed by atoms with Gasteiger partial charge in [0.25, 0.3) is 0 Å². The minimum Gasteiger partial charge on any atom is -0.314 e. The van der Waals surface area contributed by atoms with E-state index in [1.807, 2.05) is 0 Å². The molecule has 0 bridgehead atoms. The van der Waals surface area contributed by atoms with E-state index in [2.05, 4.69) is 33.0 Å². The molecule has 0 radical (unpaired) electrons. The molecule has 1 aliphatic carbocycles. The summed E-state index contributed by atoms with van der Waals surface area (Å²) < 4.78 is 0. The van der Waals surface area contributed by atoms with Gasteiger partial charge in [-0.3, -0.25) is 0 Å². The third-order valence-electron chi connectivity index (χ3n) is 4.51. The highest BCUT2D eigenvalue weighted by Gasteiger charge is 2.24. The molecule has 0 aromatic heterocycles. The summed E-state index contributed by atoms with van der Waals surface area (Å²) in [5, 5.41) is 3.66. The zero-order valence-corrected chi connectivity index (χ0v) is 12.5. The summed E-state index contributed by atoms with van der Waals surface area (Å²) in [5.74, 6) is 2.84. The first-order chi connectivity index (χ1) is 8.13. The summed E-state index contributed by atoms with van der Waals surface area (Å²) in [7, 11) is 0. The van der Waals surface area contributed by atoms with Gasteiger partial charge in [-0.2, -0.15) is 0 Å². The fraction of sp³-hybridized carbons (Fsp3) is 1.00. The van der Waals surface area contributed by atoms with Crippen molar-refractivity contribution in [3.05, 3.63) is 0 Å². The van der Waals surface area contributed by atoms with Gasteiger partial charge in [-0.05, 0) is 37.1 Å². The molecule has 102 valence electrons. The van der Waals surface area contributed by atoms with Gasteiger partial charge in [-0.25, -0.2) is 0 Å². The smallest absolute Gasteiger partial charge is 0.00104 e. The van der Waals surface area contributed by atoms with Gasteiger partial charge < -0.3 is 5.32 Å². The van der Waals surface area contributed by atoms with Crippen molar-refractivity contribution in [2.75, 3.05) is 6.54 Å². The van der Waals surface area contributed by atoms with Crippen molar-refractivity contribution in [3.63, 3.8) is 0 Å². The van der Waals surface area contributed by atoms with Crippen LogP contribution in [0.5, 0.6) is 0 Å². The first-order valence-electron chi connectivity index (χ1n) is 7.86. The molecule has 1 fully saturated rings.